The minimum atomic E-state index is 0.618. The average Bonchev–Trinajstić information content (AvgIpc) is 3.09. The molecule has 0 radical (unpaired) electrons. The monoisotopic (exact) mass is 657 g/mol. The number of fused-ring (bicyclic) bond motifs is 3. The normalized spacial score (nSPS) is 11.9. The lowest BCUT2D eigenvalue weighted by atomic mass is 9.99. The molecule has 0 saturated heterocycles. The van der Waals surface area contributed by atoms with E-state index in [9.17, 15) is 0 Å². The van der Waals surface area contributed by atoms with Crippen LogP contribution in [0, 0.1) is 7.14 Å². The molecule has 0 unspecified atom stereocenters. The highest BCUT2D eigenvalue weighted by Gasteiger charge is 2.18. The van der Waals surface area contributed by atoms with Gasteiger partial charge in [-0.25, -0.2) is 0 Å². The summed E-state index contributed by atoms with van der Waals surface area (Å²) in [6.07, 6.45) is 19.2. The molecule has 0 aliphatic carbocycles. The van der Waals surface area contributed by atoms with Crippen LogP contribution >= 0.6 is 45.2 Å². The Labute approximate surface area is 223 Å². The molecular weight excluding hydrogens is 616 g/mol. The third kappa shape index (κ3) is 7.35. The van der Waals surface area contributed by atoms with Crippen LogP contribution in [0.3, 0.4) is 0 Å². The number of halogens is 2. The topological polar surface area (TPSA) is 4.93 Å². The van der Waals surface area contributed by atoms with Crippen LogP contribution in [-0.4, -0.2) is 4.57 Å². The zero-order valence-electron chi connectivity index (χ0n) is 20.1. The largest absolute Gasteiger partial charge is 0.337 e. The molecule has 1 heterocycles. The van der Waals surface area contributed by atoms with E-state index in [2.05, 4.69) is 100.0 Å². The van der Waals surface area contributed by atoms with Gasteiger partial charge in [0.05, 0.1) is 0 Å². The van der Waals surface area contributed by atoms with Gasteiger partial charge >= 0.3 is 0 Å². The van der Waals surface area contributed by atoms with Crippen LogP contribution in [0.5, 0.6) is 0 Å². The first-order valence-electron chi connectivity index (χ1n) is 13.0. The van der Waals surface area contributed by atoms with Crippen LogP contribution < -0.4 is 0 Å². The van der Waals surface area contributed by atoms with E-state index in [0.29, 0.717) is 6.04 Å². The molecule has 3 aromatic rings. The number of benzene rings is 2. The summed E-state index contributed by atoms with van der Waals surface area (Å²) < 4.78 is 5.38. The maximum Gasteiger partial charge on any atom is 0.0494 e. The van der Waals surface area contributed by atoms with E-state index in [4.69, 9.17) is 0 Å². The van der Waals surface area contributed by atoms with Gasteiger partial charge in [-0.1, -0.05) is 90.9 Å². The van der Waals surface area contributed by atoms with Gasteiger partial charge in [0.2, 0.25) is 0 Å². The Kier molecular flexibility index (Phi) is 11.7. The van der Waals surface area contributed by atoms with Crippen molar-refractivity contribution in [2.45, 2.75) is 110 Å². The minimum Gasteiger partial charge on any atom is -0.337 e. The summed E-state index contributed by atoms with van der Waals surface area (Å²) in [4.78, 5) is 0. The lowest BCUT2D eigenvalue weighted by Crippen LogP contribution is -2.09. The maximum atomic E-state index is 2.72. The van der Waals surface area contributed by atoms with Crippen molar-refractivity contribution in [3.63, 3.8) is 0 Å². The molecule has 0 aliphatic heterocycles. The molecule has 2 aromatic carbocycles. The summed E-state index contributed by atoms with van der Waals surface area (Å²) in [6, 6.07) is 14.7. The summed E-state index contributed by atoms with van der Waals surface area (Å²) in [5.74, 6) is 0. The molecule has 0 N–H and O–H groups in total. The molecule has 0 bridgehead atoms. The van der Waals surface area contributed by atoms with E-state index in [1.165, 1.54) is 119 Å². The van der Waals surface area contributed by atoms with E-state index < -0.39 is 0 Å². The van der Waals surface area contributed by atoms with Crippen molar-refractivity contribution in [3.05, 3.63) is 43.5 Å². The van der Waals surface area contributed by atoms with Gasteiger partial charge in [-0.2, -0.15) is 0 Å². The Morgan fingerprint density at radius 2 is 1.00 bits per heavy atom. The fourth-order valence-corrected chi connectivity index (χ4v) is 6.10. The highest BCUT2D eigenvalue weighted by molar-refractivity contribution is 14.1. The number of nitrogens with zero attached hydrogens (tertiary/aromatic N) is 1. The molecular formula is C29H41I2N. The van der Waals surface area contributed by atoms with Crippen molar-refractivity contribution < 1.29 is 0 Å². The van der Waals surface area contributed by atoms with Gasteiger partial charge in [-0.05, 0) is 94.4 Å². The maximum absolute atomic E-state index is 2.72. The van der Waals surface area contributed by atoms with Crippen LogP contribution in [-0.2, 0) is 0 Å². The molecule has 3 heteroatoms. The third-order valence-corrected chi connectivity index (χ3v) is 8.22. The van der Waals surface area contributed by atoms with Crippen molar-refractivity contribution in [2.24, 2.45) is 0 Å². The van der Waals surface area contributed by atoms with Gasteiger partial charge in [-0.3, -0.25) is 0 Å². The molecule has 176 valence electrons. The van der Waals surface area contributed by atoms with E-state index in [0.717, 1.165) is 0 Å². The SMILES string of the molecule is CCCCCCCCC(CCCCCCCC)n1c2ccc(I)cc2c2cc(I)ccc21. The molecule has 0 atom stereocenters. The summed E-state index contributed by atoms with van der Waals surface area (Å²) >= 11 is 4.92. The van der Waals surface area contributed by atoms with Crippen molar-refractivity contribution in [3.8, 4) is 0 Å². The number of rotatable bonds is 15. The predicted octanol–water partition coefficient (Wildman–Crippen LogP) is 11.0. The van der Waals surface area contributed by atoms with E-state index in [1.807, 2.05) is 0 Å². The van der Waals surface area contributed by atoms with E-state index >= 15 is 0 Å². The molecule has 0 saturated carbocycles. The van der Waals surface area contributed by atoms with Gasteiger partial charge in [-0.15, -0.1) is 0 Å². The molecule has 32 heavy (non-hydrogen) atoms. The summed E-state index contributed by atoms with van der Waals surface area (Å²) in [6.45, 7) is 4.61. The summed E-state index contributed by atoms with van der Waals surface area (Å²) in [5, 5.41) is 2.86. The fourth-order valence-electron chi connectivity index (χ4n) is 5.11. The van der Waals surface area contributed by atoms with Crippen LogP contribution in [0.15, 0.2) is 36.4 Å². The molecule has 0 aliphatic rings. The highest BCUT2D eigenvalue weighted by Crippen LogP contribution is 2.37. The zero-order chi connectivity index (χ0) is 22.8. The number of hydrogen-bond acceptors (Lipinski definition) is 0. The number of hydrogen-bond donors (Lipinski definition) is 0. The average molecular weight is 657 g/mol. The van der Waals surface area contributed by atoms with Crippen molar-refractivity contribution in [2.75, 3.05) is 0 Å². The minimum absolute atomic E-state index is 0.618. The first kappa shape index (κ1) is 26.3. The van der Waals surface area contributed by atoms with Gasteiger partial charge in [0.25, 0.3) is 0 Å². The summed E-state index contributed by atoms with van der Waals surface area (Å²) in [7, 11) is 0. The van der Waals surface area contributed by atoms with E-state index in [-0.39, 0.29) is 0 Å². The van der Waals surface area contributed by atoms with Crippen LogP contribution in [0.1, 0.15) is 110 Å². The number of aromatic nitrogens is 1. The number of unbranched alkanes of at least 4 members (excludes halogenated alkanes) is 10. The Morgan fingerprint density at radius 1 is 0.594 bits per heavy atom. The fraction of sp³-hybridized carbons (Fsp3) is 0.586. The van der Waals surface area contributed by atoms with Crippen LogP contribution in [0.4, 0.5) is 0 Å². The van der Waals surface area contributed by atoms with Crippen molar-refractivity contribution in [1.82, 2.24) is 4.57 Å². The van der Waals surface area contributed by atoms with E-state index in [1.54, 1.807) is 0 Å². The highest BCUT2D eigenvalue weighted by atomic mass is 127. The van der Waals surface area contributed by atoms with Crippen LogP contribution in [0.25, 0.3) is 21.8 Å². The third-order valence-electron chi connectivity index (χ3n) is 6.87. The quantitative estimate of drug-likeness (QED) is 0.113. The molecule has 3 rings (SSSR count). The second-order valence-electron chi connectivity index (χ2n) is 9.46. The lowest BCUT2D eigenvalue weighted by molar-refractivity contribution is 0.410. The Morgan fingerprint density at radius 3 is 1.44 bits per heavy atom. The van der Waals surface area contributed by atoms with Crippen molar-refractivity contribution in [1.29, 1.82) is 0 Å². The van der Waals surface area contributed by atoms with Gasteiger partial charge in [0.1, 0.15) is 0 Å². The first-order chi connectivity index (χ1) is 15.7. The molecule has 1 nitrogen and oxygen atoms in total. The Hall–Kier alpha value is -0.300. The molecule has 1 aromatic heterocycles. The second-order valence-corrected chi connectivity index (χ2v) is 12.0. The summed E-state index contributed by atoms with van der Waals surface area (Å²) in [5.41, 5.74) is 2.87. The molecule has 0 spiro atoms. The van der Waals surface area contributed by atoms with Crippen molar-refractivity contribution >= 4 is 67.0 Å². The first-order valence-corrected chi connectivity index (χ1v) is 15.2. The molecule has 0 amide bonds. The van der Waals surface area contributed by atoms with Gasteiger partial charge in [0, 0.05) is 35.0 Å². The standard InChI is InChI=1S/C29H41I2N/c1-3-5-7-9-11-13-15-25(16-14-12-10-8-6-4-2)32-28-19-17-23(30)21-26(28)27-22-24(31)18-20-29(27)32/h17-22,25H,3-16H2,1-2H3. The van der Waals surface area contributed by atoms with Crippen LogP contribution in [0.2, 0.25) is 0 Å². The molecule has 0 fully saturated rings. The Balaban J connectivity index is 1.83. The Bertz CT molecular complexity index is 883. The smallest absolute Gasteiger partial charge is 0.0494 e. The van der Waals surface area contributed by atoms with Gasteiger partial charge < -0.3 is 4.57 Å². The lowest BCUT2D eigenvalue weighted by Gasteiger charge is -2.22. The zero-order valence-corrected chi connectivity index (χ0v) is 24.5. The predicted molar refractivity (Wildman–Crippen MR) is 160 cm³/mol. The van der Waals surface area contributed by atoms with Gasteiger partial charge in [0.15, 0.2) is 0 Å². The second kappa shape index (κ2) is 14.2.